The number of amides is 1. The monoisotopic (exact) mass is 300 g/mol. The number of fused-ring (bicyclic) bond motifs is 1. The van der Waals surface area contributed by atoms with Crippen molar-refractivity contribution in [3.05, 3.63) is 46.7 Å². The van der Waals surface area contributed by atoms with Crippen LogP contribution in [-0.2, 0) is 6.54 Å². The first-order valence-electron chi connectivity index (χ1n) is 7.11. The number of hydrogen-bond donors (Lipinski definition) is 0. The zero-order valence-electron chi connectivity index (χ0n) is 11.6. The standard InChI is InChI=1S/C15H16N4OS/c20-15(13-9-21-10-17-13)19-7-12-6-18(14(12)8-19)5-11-2-1-3-16-4-11/h1-4,9-10,12,14H,5-8H2/t12-,14-/m0/s1. The third-order valence-corrected chi connectivity index (χ3v) is 4.98. The van der Waals surface area contributed by atoms with Gasteiger partial charge in [-0.3, -0.25) is 14.7 Å². The molecule has 0 N–H and O–H groups in total. The Hall–Kier alpha value is -1.79. The fourth-order valence-electron chi connectivity index (χ4n) is 3.30. The summed E-state index contributed by atoms with van der Waals surface area (Å²) in [4.78, 5) is 25.0. The molecule has 2 aromatic heterocycles. The van der Waals surface area contributed by atoms with Crippen LogP contribution < -0.4 is 0 Å². The number of rotatable bonds is 3. The Bertz CT molecular complexity index is 630. The first-order chi connectivity index (χ1) is 10.3. The summed E-state index contributed by atoms with van der Waals surface area (Å²) in [6.07, 6.45) is 3.71. The smallest absolute Gasteiger partial charge is 0.273 e. The van der Waals surface area contributed by atoms with E-state index in [1.165, 1.54) is 16.9 Å². The Morgan fingerprint density at radius 1 is 1.38 bits per heavy atom. The molecule has 21 heavy (non-hydrogen) atoms. The molecule has 2 aliphatic heterocycles. The summed E-state index contributed by atoms with van der Waals surface area (Å²) in [6.45, 7) is 3.68. The molecule has 4 rings (SSSR count). The molecule has 0 unspecified atom stereocenters. The molecule has 2 atom stereocenters. The van der Waals surface area contributed by atoms with E-state index in [2.05, 4.69) is 20.9 Å². The highest BCUT2D eigenvalue weighted by molar-refractivity contribution is 7.07. The van der Waals surface area contributed by atoms with Crippen molar-refractivity contribution in [2.24, 2.45) is 5.92 Å². The summed E-state index contributed by atoms with van der Waals surface area (Å²) in [5.41, 5.74) is 3.53. The van der Waals surface area contributed by atoms with E-state index in [1.54, 1.807) is 11.7 Å². The quantitative estimate of drug-likeness (QED) is 0.862. The van der Waals surface area contributed by atoms with Crippen molar-refractivity contribution in [3.8, 4) is 0 Å². The fourth-order valence-corrected chi connectivity index (χ4v) is 3.83. The van der Waals surface area contributed by atoms with Gasteiger partial charge in [0.15, 0.2) is 0 Å². The molecule has 5 nitrogen and oxygen atoms in total. The van der Waals surface area contributed by atoms with Gasteiger partial charge in [0.25, 0.3) is 5.91 Å². The lowest BCUT2D eigenvalue weighted by molar-refractivity contribution is 0.0432. The minimum atomic E-state index is 0.0759. The van der Waals surface area contributed by atoms with Gasteiger partial charge in [-0.15, -0.1) is 11.3 Å². The van der Waals surface area contributed by atoms with Crippen LogP contribution in [0.15, 0.2) is 35.4 Å². The highest BCUT2D eigenvalue weighted by atomic mass is 32.1. The molecular formula is C15H16N4OS. The Balaban J connectivity index is 1.40. The first-order valence-corrected chi connectivity index (χ1v) is 8.06. The molecule has 0 bridgehead atoms. The number of aromatic nitrogens is 2. The van der Waals surface area contributed by atoms with Crippen LogP contribution in [-0.4, -0.2) is 51.4 Å². The van der Waals surface area contributed by atoms with Crippen LogP contribution >= 0.6 is 11.3 Å². The zero-order chi connectivity index (χ0) is 14.2. The summed E-state index contributed by atoms with van der Waals surface area (Å²) in [7, 11) is 0. The van der Waals surface area contributed by atoms with Crippen LogP contribution in [0.4, 0.5) is 0 Å². The largest absolute Gasteiger partial charge is 0.335 e. The maximum absolute atomic E-state index is 12.3. The molecule has 4 heterocycles. The fraction of sp³-hybridized carbons (Fsp3) is 0.400. The number of thiazole rings is 1. The lowest BCUT2D eigenvalue weighted by Crippen LogP contribution is -2.54. The number of pyridine rings is 1. The van der Waals surface area contributed by atoms with Crippen LogP contribution in [0.5, 0.6) is 0 Å². The SMILES string of the molecule is O=C(c1cscn1)N1C[C@@H]2CN(Cc3cccnc3)[C@H]2C1. The molecule has 2 saturated heterocycles. The summed E-state index contributed by atoms with van der Waals surface area (Å²) in [5.74, 6) is 0.691. The lowest BCUT2D eigenvalue weighted by atomic mass is 9.91. The predicted octanol–water partition coefficient (Wildman–Crippen LogP) is 1.49. The van der Waals surface area contributed by atoms with E-state index >= 15 is 0 Å². The Morgan fingerprint density at radius 2 is 2.33 bits per heavy atom. The van der Waals surface area contributed by atoms with E-state index < -0.39 is 0 Å². The Kier molecular flexibility index (Phi) is 3.20. The molecular weight excluding hydrogens is 284 g/mol. The molecule has 2 aliphatic rings. The number of nitrogens with zero attached hydrogens (tertiary/aromatic N) is 4. The van der Waals surface area contributed by atoms with Gasteiger partial charge in [-0.2, -0.15) is 0 Å². The number of carbonyl (C=O) groups is 1. The topological polar surface area (TPSA) is 49.3 Å². The van der Waals surface area contributed by atoms with Crippen molar-refractivity contribution in [2.75, 3.05) is 19.6 Å². The van der Waals surface area contributed by atoms with Crippen molar-refractivity contribution in [2.45, 2.75) is 12.6 Å². The molecule has 2 fully saturated rings. The van der Waals surface area contributed by atoms with Crippen LogP contribution in [0.2, 0.25) is 0 Å². The van der Waals surface area contributed by atoms with E-state index in [-0.39, 0.29) is 5.91 Å². The van der Waals surface area contributed by atoms with Crippen LogP contribution in [0.25, 0.3) is 0 Å². The molecule has 0 radical (unpaired) electrons. The van der Waals surface area contributed by atoms with Gasteiger partial charge in [0.1, 0.15) is 5.69 Å². The maximum atomic E-state index is 12.3. The predicted molar refractivity (Wildman–Crippen MR) is 79.9 cm³/mol. The third kappa shape index (κ3) is 2.34. The second-order valence-corrected chi connectivity index (χ2v) is 6.42. The van der Waals surface area contributed by atoms with Crippen molar-refractivity contribution < 1.29 is 4.79 Å². The highest BCUT2D eigenvalue weighted by Crippen LogP contribution is 2.34. The van der Waals surface area contributed by atoms with Crippen LogP contribution in [0.3, 0.4) is 0 Å². The second kappa shape index (κ2) is 5.20. The van der Waals surface area contributed by atoms with Crippen molar-refractivity contribution in [3.63, 3.8) is 0 Å². The lowest BCUT2D eigenvalue weighted by Gasteiger charge is -2.43. The number of hydrogen-bond acceptors (Lipinski definition) is 5. The van der Waals surface area contributed by atoms with Gasteiger partial charge >= 0.3 is 0 Å². The summed E-state index contributed by atoms with van der Waals surface area (Å²) >= 11 is 1.47. The van der Waals surface area contributed by atoms with Gasteiger partial charge in [-0.1, -0.05) is 6.07 Å². The van der Waals surface area contributed by atoms with E-state index in [0.29, 0.717) is 17.7 Å². The zero-order valence-corrected chi connectivity index (χ0v) is 12.4. The Morgan fingerprint density at radius 3 is 3.10 bits per heavy atom. The molecule has 1 amide bonds. The molecule has 108 valence electrons. The van der Waals surface area contributed by atoms with Gasteiger partial charge in [0, 0.05) is 55.9 Å². The minimum absolute atomic E-state index is 0.0759. The number of likely N-dealkylation sites (tertiary alicyclic amines) is 2. The van der Waals surface area contributed by atoms with Crippen LogP contribution in [0, 0.1) is 5.92 Å². The summed E-state index contributed by atoms with van der Waals surface area (Å²) in [5, 5.41) is 1.83. The van der Waals surface area contributed by atoms with Gasteiger partial charge in [0.2, 0.25) is 0 Å². The van der Waals surface area contributed by atoms with Crippen molar-refractivity contribution in [1.82, 2.24) is 19.8 Å². The van der Waals surface area contributed by atoms with Crippen molar-refractivity contribution in [1.29, 1.82) is 0 Å². The van der Waals surface area contributed by atoms with E-state index in [1.807, 2.05) is 22.5 Å². The molecule has 2 aromatic rings. The van der Waals surface area contributed by atoms with Gasteiger partial charge in [-0.25, -0.2) is 4.98 Å². The number of carbonyl (C=O) groups excluding carboxylic acids is 1. The van der Waals surface area contributed by atoms with Gasteiger partial charge < -0.3 is 4.90 Å². The minimum Gasteiger partial charge on any atom is -0.335 e. The average molecular weight is 300 g/mol. The van der Waals surface area contributed by atoms with Gasteiger partial charge in [0.05, 0.1) is 5.51 Å². The molecule has 0 aliphatic carbocycles. The summed E-state index contributed by atoms with van der Waals surface area (Å²) in [6, 6.07) is 4.57. The molecule has 0 spiro atoms. The second-order valence-electron chi connectivity index (χ2n) is 5.70. The van der Waals surface area contributed by atoms with Crippen LogP contribution in [0.1, 0.15) is 16.1 Å². The molecule has 0 saturated carbocycles. The van der Waals surface area contributed by atoms with Gasteiger partial charge in [-0.05, 0) is 11.6 Å². The first kappa shape index (κ1) is 12.9. The normalized spacial score (nSPS) is 24.7. The highest BCUT2D eigenvalue weighted by Gasteiger charge is 2.46. The van der Waals surface area contributed by atoms with E-state index in [0.717, 1.165) is 26.2 Å². The maximum Gasteiger partial charge on any atom is 0.273 e. The van der Waals surface area contributed by atoms with E-state index in [9.17, 15) is 4.79 Å². The van der Waals surface area contributed by atoms with E-state index in [4.69, 9.17) is 0 Å². The average Bonchev–Trinajstić information content (AvgIpc) is 3.13. The molecule has 6 heteroatoms. The third-order valence-electron chi connectivity index (χ3n) is 4.39. The Labute approximate surface area is 127 Å². The summed E-state index contributed by atoms with van der Waals surface area (Å²) < 4.78 is 0. The van der Waals surface area contributed by atoms with Crippen molar-refractivity contribution >= 4 is 17.2 Å². The molecule has 0 aromatic carbocycles.